The quantitative estimate of drug-likeness (QED) is 0.754. The Kier molecular flexibility index (Phi) is 4.57. The summed E-state index contributed by atoms with van der Waals surface area (Å²) in [5, 5.41) is 9.38. The highest BCUT2D eigenvalue weighted by Crippen LogP contribution is 2.31. The molecular weight excluding hydrogens is 361 g/mol. The molecule has 2 heterocycles. The maximum atomic E-state index is 13.0. The highest BCUT2D eigenvalue weighted by Gasteiger charge is 2.33. The van der Waals surface area contributed by atoms with Gasteiger partial charge in [0.05, 0.1) is 0 Å². The molecule has 0 saturated heterocycles. The van der Waals surface area contributed by atoms with Crippen LogP contribution >= 0.6 is 0 Å². The van der Waals surface area contributed by atoms with E-state index in [-0.39, 0.29) is 11.1 Å². The maximum absolute atomic E-state index is 13.0. The molecule has 8 heteroatoms. The number of aromatic carboxylic acids is 1. The number of carbonyl (C=O) groups is 1. The molecule has 3 rings (SSSR count). The normalized spacial score (nSPS) is 11.4. The fraction of sp³-hybridized carbons (Fsp3) is 0.105. The van der Waals surface area contributed by atoms with Gasteiger partial charge in [-0.05, 0) is 36.8 Å². The summed E-state index contributed by atoms with van der Waals surface area (Å²) in [5.41, 5.74) is -1.83. The summed E-state index contributed by atoms with van der Waals surface area (Å²) in [4.78, 5) is 27.5. The predicted octanol–water partition coefficient (Wildman–Crippen LogP) is 3.92. The van der Waals surface area contributed by atoms with Gasteiger partial charge in [-0.25, -0.2) is 4.79 Å². The fourth-order valence-corrected chi connectivity index (χ4v) is 2.79. The van der Waals surface area contributed by atoms with E-state index in [9.17, 15) is 27.9 Å². The second-order valence-electron chi connectivity index (χ2n) is 5.77. The van der Waals surface area contributed by atoms with E-state index in [0.29, 0.717) is 11.4 Å². The van der Waals surface area contributed by atoms with Crippen LogP contribution in [-0.2, 0) is 6.18 Å². The summed E-state index contributed by atoms with van der Waals surface area (Å²) in [7, 11) is 0. The van der Waals surface area contributed by atoms with E-state index in [1.807, 2.05) is 0 Å². The molecule has 0 spiro atoms. The Bertz CT molecular complexity index is 1070. The van der Waals surface area contributed by atoms with Crippen molar-refractivity contribution in [3.8, 4) is 16.8 Å². The average molecular weight is 374 g/mol. The van der Waals surface area contributed by atoms with Crippen molar-refractivity contribution in [2.24, 2.45) is 0 Å². The van der Waals surface area contributed by atoms with Crippen molar-refractivity contribution < 1.29 is 23.1 Å². The molecule has 0 amide bonds. The van der Waals surface area contributed by atoms with Crippen LogP contribution in [0.2, 0.25) is 0 Å². The standard InChI is InChI=1S/C19H13F3N2O3/c1-11-16(12-7-8-23-15(9-12)19(20,21)22)17(25)14(18(26)27)10-24(11)13-5-3-2-4-6-13/h2-10H,1H3,(H,26,27). The highest BCUT2D eigenvalue weighted by molar-refractivity contribution is 5.89. The van der Waals surface area contributed by atoms with Crippen LogP contribution in [0.25, 0.3) is 16.8 Å². The van der Waals surface area contributed by atoms with Crippen LogP contribution < -0.4 is 5.43 Å². The molecule has 0 bridgehead atoms. The number of alkyl halides is 3. The smallest absolute Gasteiger partial charge is 0.433 e. The Morgan fingerprint density at radius 3 is 2.41 bits per heavy atom. The van der Waals surface area contributed by atoms with E-state index in [1.165, 1.54) is 16.8 Å². The van der Waals surface area contributed by atoms with Crippen molar-refractivity contribution in [3.05, 3.63) is 82.0 Å². The second-order valence-corrected chi connectivity index (χ2v) is 5.77. The first-order valence-corrected chi connectivity index (χ1v) is 7.78. The lowest BCUT2D eigenvalue weighted by Crippen LogP contribution is -2.22. The van der Waals surface area contributed by atoms with Gasteiger partial charge in [-0.15, -0.1) is 0 Å². The number of carboxylic acid groups (broad SMARTS) is 1. The van der Waals surface area contributed by atoms with Gasteiger partial charge in [0.25, 0.3) is 0 Å². The molecule has 0 unspecified atom stereocenters. The molecule has 0 atom stereocenters. The summed E-state index contributed by atoms with van der Waals surface area (Å²) in [6.07, 6.45) is -2.57. The Hall–Kier alpha value is -3.42. The van der Waals surface area contributed by atoms with Gasteiger partial charge < -0.3 is 9.67 Å². The van der Waals surface area contributed by atoms with Gasteiger partial charge in [-0.1, -0.05) is 18.2 Å². The molecule has 27 heavy (non-hydrogen) atoms. The Labute approximate surface area is 151 Å². The summed E-state index contributed by atoms with van der Waals surface area (Å²) < 4.78 is 40.5. The van der Waals surface area contributed by atoms with Crippen molar-refractivity contribution in [3.63, 3.8) is 0 Å². The van der Waals surface area contributed by atoms with Crippen LogP contribution in [0.3, 0.4) is 0 Å². The van der Waals surface area contributed by atoms with E-state index in [2.05, 4.69) is 4.98 Å². The lowest BCUT2D eigenvalue weighted by atomic mass is 10.0. The first-order valence-electron chi connectivity index (χ1n) is 7.78. The number of rotatable bonds is 3. The molecule has 5 nitrogen and oxygen atoms in total. The summed E-state index contributed by atoms with van der Waals surface area (Å²) in [6, 6.07) is 10.6. The molecule has 0 aliphatic heterocycles. The molecule has 0 radical (unpaired) electrons. The average Bonchev–Trinajstić information content (AvgIpc) is 2.62. The molecule has 0 aliphatic rings. The van der Waals surface area contributed by atoms with Crippen LogP contribution in [-0.4, -0.2) is 20.6 Å². The first kappa shape index (κ1) is 18.4. The van der Waals surface area contributed by atoms with Crippen LogP contribution in [0.15, 0.2) is 59.7 Å². The van der Waals surface area contributed by atoms with E-state index in [1.54, 1.807) is 37.3 Å². The Morgan fingerprint density at radius 1 is 1.15 bits per heavy atom. The molecular formula is C19H13F3N2O3. The Morgan fingerprint density at radius 2 is 1.81 bits per heavy atom. The van der Waals surface area contributed by atoms with Crippen molar-refractivity contribution in [2.45, 2.75) is 13.1 Å². The number of nitrogens with zero attached hydrogens (tertiary/aromatic N) is 2. The second kappa shape index (κ2) is 6.71. The molecule has 2 aromatic heterocycles. The minimum absolute atomic E-state index is 0.0485. The topological polar surface area (TPSA) is 72.2 Å². The molecule has 1 aromatic carbocycles. The fourth-order valence-electron chi connectivity index (χ4n) is 2.79. The predicted molar refractivity (Wildman–Crippen MR) is 92.0 cm³/mol. The lowest BCUT2D eigenvalue weighted by molar-refractivity contribution is -0.141. The number of aromatic nitrogens is 2. The summed E-state index contributed by atoms with van der Waals surface area (Å²) in [5.74, 6) is -1.46. The zero-order valence-corrected chi connectivity index (χ0v) is 14.0. The lowest BCUT2D eigenvalue weighted by Gasteiger charge is -2.16. The zero-order valence-electron chi connectivity index (χ0n) is 14.0. The highest BCUT2D eigenvalue weighted by atomic mass is 19.4. The van der Waals surface area contributed by atoms with E-state index in [4.69, 9.17) is 0 Å². The monoisotopic (exact) mass is 374 g/mol. The third-order valence-corrected chi connectivity index (χ3v) is 4.06. The summed E-state index contributed by atoms with van der Waals surface area (Å²) in [6.45, 7) is 1.54. The van der Waals surface area contributed by atoms with Crippen LogP contribution in [0.5, 0.6) is 0 Å². The van der Waals surface area contributed by atoms with Gasteiger partial charge in [0.2, 0.25) is 5.43 Å². The first-order chi connectivity index (χ1) is 12.7. The van der Waals surface area contributed by atoms with E-state index < -0.39 is 28.8 Å². The van der Waals surface area contributed by atoms with Crippen LogP contribution in [0.4, 0.5) is 13.2 Å². The third kappa shape index (κ3) is 3.46. The van der Waals surface area contributed by atoms with Crippen molar-refractivity contribution in [1.82, 2.24) is 9.55 Å². The van der Waals surface area contributed by atoms with Crippen molar-refractivity contribution in [1.29, 1.82) is 0 Å². The van der Waals surface area contributed by atoms with E-state index in [0.717, 1.165) is 12.3 Å². The zero-order chi connectivity index (χ0) is 19.8. The SMILES string of the molecule is Cc1c(-c2ccnc(C(F)(F)F)c2)c(=O)c(C(=O)O)cn1-c1ccccc1. The van der Waals surface area contributed by atoms with Crippen LogP contribution in [0.1, 0.15) is 21.7 Å². The van der Waals surface area contributed by atoms with Gasteiger partial charge in [0.1, 0.15) is 11.3 Å². The molecule has 3 aromatic rings. The third-order valence-electron chi connectivity index (χ3n) is 4.06. The number of halogens is 3. The van der Waals surface area contributed by atoms with Gasteiger partial charge in [0, 0.05) is 29.3 Å². The summed E-state index contributed by atoms with van der Waals surface area (Å²) >= 11 is 0. The van der Waals surface area contributed by atoms with Crippen molar-refractivity contribution in [2.75, 3.05) is 0 Å². The number of benzene rings is 1. The Balaban J connectivity index is 2.35. The van der Waals surface area contributed by atoms with Gasteiger partial charge in [-0.3, -0.25) is 9.78 Å². The van der Waals surface area contributed by atoms with Gasteiger partial charge in [-0.2, -0.15) is 13.2 Å². The van der Waals surface area contributed by atoms with Crippen LogP contribution in [0, 0.1) is 6.92 Å². The van der Waals surface area contributed by atoms with E-state index >= 15 is 0 Å². The van der Waals surface area contributed by atoms with Gasteiger partial charge >= 0.3 is 12.1 Å². The number of pyridine rings is 2. The molecule has 138 valence electrons. The molecule has 0 saturated carbocycles. The number of carboxylic acids is 1. The van der Waals surface area contributed by atoms with Gasteiger partial charge in [0.15, 0.2) is 0 Å². The molecule has 0 aliphatic carbocycles. The molecule has 1 N–H and O–H groups in total. The largest absolute Gasteiger partial charge is 0.477 e. The minimum Gasteiger partial charge on any atom is -0.477 e. The minimum atomic E-state index is -4.69. The number of hydrogen-bond donors (Lipinski definition) is 1. The van der Waals surface area contributed by atoms with Crippen molar-refractivity contribution >= 4 is 5.97 Å². The molecule has 0 fully saturated rings. The number of para-hydroxylation sites is 1. The maximum Gasteiger partial charge on any atom is 0.433 e. The number of hydrogen-bond acceptors (Lipinski definition) is 3.